The first-order valence-electron chi connectivity index (χ1n) is 6.86. The van der Waals surface area contributed by atoms with Gasteiger partial charge in [-0.15, -0.1) is 0 Å². The van der Waals surface area contributed by atoms with E-state index in [0.717, 1.165) is 12.2 Å². The average Bonchev–Trinajstić information content (AvgIpc) is 2.97. The second-order valence-electron chi connectivity index (χ2n) is 5.07. The molecule has 0 saturated carbocycles. The molecule has 0 saturated heterocycles. The van der Waals surface area contributed by atoms with Gasteiger partial charge in [-0.25, -0.2) is 0 Å². The van der Waals surface area contributed by atoms with Crippen molar-refractivity contribution in [3.63, 3.8) is 0 Å². The highest BCUT2D eigenvalue weighted by atomic mass is 32.1. The molecule has 0 fully saturated rings. The summed E-state index contributed by atoms with van der Waals surface area (Å²) in [6, 6.07) is 2.87. The molecule has 0 aliphatic heterocycles. The summed E-state index contributed by atoms with van der Waals surface area (Å²) >= 11 is 1.75. The Kier molecular flexibility index (Phi) is 4.42. The molecule has 104 valence electrons. The van der Waals surface area contributed by atoms with Crippen LogP contribution in [0, 0.1) is 13.8 Å². The van der Waals surface area contributed by atoms with E-state index >= 15 is 0 Å². The summed E-state index contributed by atoms with van der Waals surface area (Å²) in [7, 11) is 0. The van der Waals surface area contributed by atoms with Gasteiger partial charge in [-0.2, -0.15) is 16.4 Å². The van der Waals surface area contributed by atoms with Gasteiger partial charge in [-0.3, -0.25) is 4.68 Å². The zero-order valence-electron chi connectivity index (χ0n) is 12.4. The van der Waals surface area contributed by atoms with Crippen LogP contribution in [0.5, 0.6) is 0 Å². The van der Waals surface area contributed by atoms with Gasteiger partial charge in [0.2, 0.25) is 0 Å². The first-order valence-corrected chi connectivity index (χ1v) is 7.80. The van der Waals surface area contributed by atoms with Crippen LogP contribution in [0.2, 0.25) is 0 Å². The lowest BCUT2D eigenvalue weighted by atomic mass is 10.0. The fraction of sp³-hybridized carbons (Fsp3) is 0.533. The van der Waals surface area contributed by atoms with Crippen LogP contribution in [0.1, 0.15) is 55.4 Å². The maximum atomic E-state index is 4.60. The summed E-state index contributed by atoms with van der Waals surface area (Å²) in [6.45, 7) is 11.8. The van der Waals surface area contributed by atoms with Gasteiger partial charge in [0.25, 0.3) is 0 Å². The Morgan fingerprint density at radius 2 is 2.05 bits per heavy atom. The molecule has 2 rings (SSSR count). The molecule has 3 nitrogen and oxygen atoms in total. The molecule has 0 radical (unpaired) electrons. The van der Waals surface area contributed by atoms with Crippen molar-refractivity contribution in [2.24, 2.45) is 0 Å². The molecule has 0 bridgehead atoms. The largest absolute Gasteiger partial charge is 0.303 e. The van der Waals surface area contributed by atoms with Crippen molar-refractivity contribution in [3.05, 3.63) is 39.3 Å². The molecule has 19 heavy (non-hydrogen) atoms. The lowest BCUT2D eigenvalue weighted by Crippen LogP contribution is -2.23. The zero-order valence-corrected chi connectivity index (χ0v) is 13.2. The normalized spacial score (nSPS) is 14.6. The Balaban J connectivity index is 2.16. The maximum absolute atomic E-state index is 4.60. The van der Waals surface area contributed by atoms with Gasteiger partial charge in [0.15, 0.2) is 0 Å². The molecular formula is C15H23N3S. The molecule has 4 heteroatoms. The predicted molar refractivity (Wildman–Crippen MR) is 81.7 cm³/mol. The van der Waals surface area contributed by atoms with E-state index in [9.17, 15) is 0 Å². The first kappa shape index (κ1) is 14.3. The van der Waals surface area contributed by atoms with Crippen LogP contribution >= 0.6 is 11.3 Å². The molecule has 1 N–H and O–H groups in total. The van der Waals surface area contributed by atoms with Crippen molar-refractivity contribution >= 4 is 11.3 Å². The number of nitrogens with one attached hydrogen (secondary N) is 1. The van der Waals surface area contributed by atoms with Gasteiger partial charge < -0.3 is 5.32 Å². The van der Waals surface area contributed by atoms with E-state index in [4.69, 9.17) is 0 Å². The molecule has 0 spiro atoms. The number of hydrogen-bond donors (Lipinski definition) is 1. The van der Waals surface area contributed by atoms with Crippen LogP contribution in [0.25, 0.3) is 0 Å². The predicted octanol–water partition coefficient (Wildman–Crippen LogP) is 3.99. The molecular weight excluding hydrogens is 254 g/mol. The smallest absolute Gasteiger partial charge is 0.0644 e. The number of aryl methyl sites for hydroxylation is 2. The van der Waals surface area contributed by atoms with E-state index < -0.39 is 0 Å². The Labute approximate surface area is 119 Å². The minimum absolute atomic E-state index is 0.315. The monoisotopic (exact) mass is 277 g/mol. The highest BCUT2D eigenvalue weighted by molar-refractivity contribution is 7.07. The number of aromatic nitrogens is 2. The summed E-state index contributed by atoms with van der Waals surface area (Å²) in [6.07, 6.45) is 0. The van der Waals surface area contributed by atoms with Crippen LogP contribution in [0.15, 0.2) is 16.8 Å². The van der Waals surface area contributed by atoms with Crippen LogP contribution in [0.4, 0.5) is 0 Å². The second kappa shape index (κ2) is 5.88. The van der Waals surface area contributed by atoms with Crippen molar-refractivity contribution in [1.29, 1.82) is 0 Å². The highest BCUT2D eigenvalue weighted by Gasteiger charge is 2.19. The van der Waals surface area contributed by atoms with Crippen LogP contribution < -0.4 is 5.32 Å². The third-order valence-electron chi connectivity index (χ3n) is 3.71. The van der Waals surface area contributed by atoms with E-state index in [-0.39, 0.29) is 0 Å². The van der Waals surface area contributed by atoms with Gasteiger partial charge in [-0.05, 0) is 57.0 Å². The van der Waals surface area contributed by atoms with Crippen LogP contribution in [-0.4, -0.2) is 9.78 Å². The van der Waals surface area contributed by atoms with Crippen molar-refractivity contribution in [2.75, 3.05) is 0 Å². The number of hydrogen-bond acceptors (Lipinski definition) is 3. The molecule has 2 atom stereocenters. The molecule has 0 aliphatic carbocycles. The van der Waals surface area contributed by atoms with Gasteiger partial charge >= 0.3 is 0 Å². The lowest BCUT2D eigenvalue weighted by Gasteiger charge is -2.20. The molecule has 0 aliphatic rings. The van der Waals surface area contributed by atoms with E-state index in [2.05, 4.69) is 66.5 Å². The lowest BCUT2D eigenvalue weighted by molar-refractivity contribution is 0.491. The third kappa shape index (κ3) is 2.90. The molecule has 2 unspecified atom stereocenters. The van der Waals surface area contributed by atoms with Crippen LogP contribution in [0.3, 0.4) is 0 Å². The molecule has 2 aromatic heterocycles. The molecule has 2 heterocycles. The number of rotatable bonds is 5. The topological polar surface area (TPSA) is 29.9 Å². The fourth-order valence-corrected chi connectivity index (χ4v) is 3.48. The molecule has 0 aromatic carbocycles. The van der Waals surface area contributed by atoms with E-state index in [1.54, 1.807) is 11.3 Å². The minimum Gasteiger partial charge on any atom is -0.303 e. The third-order valence-corrected chi connectivity index (χ3v) is 4.41. The van der Waals surface area contributed by atoms with Crippen molar-refractivity contribution in [3.8, 4) is 0 Å². The average molecular weight is 277 g/mol. The second-order valence-corrected chi connectivity index (χ2v) is 5.85. The summed E-state index contributed by atoms with van der Waals surface area (Å²) in [5.41, 5.74) is 5.10. The Bertz CT molecular complexity index is 528. The molecule has 2 aromatic rings. The van der Waals surface area contributed by atoms with Gasteiger partial charge in [-0.1, -0.05) is 0 Å². The van der Waals surface area contributed by atoms with Crippen molar-refractivity contribution < 1.29 is 0 Å². The summed E-state index contributed by atoms with van der Waals surface area (Å²) in [5, 5.41) is 12.6. The number of nitrogens with zero attached hydrogens (tertiary/aromatic N) is 2. The van der Waals surface area contributed by atoms with E-state index in [0.29, 0.717) is 12.1 Å². The van der Waals surface area contributed by atoms with E-state index in [1.165, 1.54) is 16.8 Å². The van der Waals surface area contributed by atoms with Crippen molar-refractivity contribution in [2.45, 2.75) is 53.2 Å². The Morgan fingerprint density at radius 3 is 2.58 bits per heavy atom. The SMILES string of the molecule is CCn1nc(C)c(C(C)NC(C)c2ccsc2)c1C. The van der Waals surface area contributed by atoms with E-state index in [1.807, 2.05) is 0 Å². The first-order chi connectivity index (χ1) is 9.04. The fourth-order valence-electron chi connectivity index (χ4n) is 2.72. The van der Waals surface area contributed by atoms with Gasteiger partial charge in [0.1, 0.15) is 0 Å². The Morgan fingerprint density at radius 1 is 1.32 bits per heavy atom. The quantitative estimate of drug-likeness (QED) is 0.895. The minimum atomic E-state index is 0.315. The zero-order chi connectivity index (χ0) is 14.0. The highest BCUT2D eigenvalue weighted by Crippen LogP contribution is 2.25. The summed E-state index contributed by atoms with van der Waals surface area (Å²) in [4.78, 5) is 0. The van der Waals surface area contributed by atoms with Crippen molar-refractivity contribution in [1.82, 2.24) is 15.1 Å². The maximum Gasteiger partial charge on any atom is 0.0644 e. The summed E-state index contributed by atoms with van der Waals surface area (Å²) < 4.78 is 2.08. The standard InChI is InChI=1S/C15H23N3S/c1-6-18-13(5)15(12(4)17-18)11(3)16-10(2)14-7-8-19-9-14/h7-11,16H,6H2,1-5H3. The molecule has 0 amide bonds. The van der Waals surface area contributed by atoms with Gasteiger partial charge in [0, 0.05) is 29.9 Å². The summed E-state index contributed by atoms with van der Waals surface area (Å²) in [5.74, 6) is 0. The van der Waals surface area contributed by atoms with Crippen LogP contribution in [-0.2, 0) is 6.54 Å². The van der Waals surface area contributed by atoms with Gasteiger partial charge in [0.05, 0.1) is 5.69 Å². The Hall–Kier alpha value is -1.13. The number of thiophene rings is 1.